The summed E-state index contributed by atoms with van der Waals surface area (Å²) in [6.45, 7) is 0. The van der Waals surface area contributed by atoms with Gasteiger partial charge in [-0.25, -0.2) is 8.42 Å². The molecule has 0 spiro atoms. The van der Waals surface area contributed by atoms with Crippen molar-refractivity contribution in [3.8, 4) is 0 Å². The van der Waals surface area contributed by atoms with Crippen molar-refractivity contribution in [2.24, 2.45) is 5.92 Å². The monoisotopic (exact) mass is 361 g/mol. The Morgan fingerprint density at radius 2 is 2.05 bits per heavy atom. The van der Waals surface area contributed by atoms with E-state index in [1.807, 2.05) is 0 Å². The molecule has 9 heteroatoms. The first-order chi connectivity index (χ1) is 9.37. The van der Waals surface area contributed by atoms with Crippen molar-refractivity contribution in [2.75, 3.05) is 11.5 Å². The van der Waals surface area contributed by atoms with Gasteiger partial charge in [-0.05, 0) is 28.4 Å². The summed E-state index contributed by atoms with van der Waals surface area (Å²) >= 11 is 3.18. The van der Waals surface area contributed by atoms with Crippen LogP contribution in [0, 0.1) is 5.92 Å². The fraction of sp³-hybridized carbons (Fsp3) is 0.364. The van der Waals surface area contributed by atoms with Crippen molar-refractivity contribution in [2.45, 2.75) is 6.42 Å². The van der Waals surface area contributed by atoms with Gasteiger partial charge in [-0.15, -0.1) is 0 Å². The molecule has 0 unspecified atom stereocenters. The van der Waals surface area contributed by atoms with E-state index in [0.29, 0.717) is 4.47 Å². The van der Waals surface area contributed by atoms with Crippen LogP contribution in [-0.4, -0.2) is 36.7 Å². The summed E-state index contributed by atoms with van der Waals surface area (Å²) in [5, 5.41) is 0. The lowest BCUT2D eigenvalue weighted by Crippen LogP contribution is -2.44. The van der Waals surface area contributed by atoms with E-state index in [2.05, 4.69) is 31.8 Å². The Morgan fingerprint density at radius 1 is 1.30 bits per heavy atom. The molecule has 1 fully saturated rings. The Bertz CT molecular complexity index is 647. The molecular formula is C11H12BrN3O4S. The fourth-order valence-corrected chi connectivity index (χ4v) is 3.94. The van der Waals surface area contributed by atoms with Crippen LogP contribution in [0.1, 0.15) is 16.8 Å². The normalized spacial score (nSPS) is 20.4. The SMILES string of the molecule is O=C(NNC(=O)[C@H]1CCS(=O)(=O)C1)c1cncc(Br)c1. The summed E-state index contributed by atoms with van der Waals surface area (Å²) in [6, 6.07) is 1.55. The van der Waals surface area contributed by atoms with Crippen LogP contribution in [-0.2, 0) is 14.6 Å². The van der Waals surface area contributed by atoms with Gasteiger partial charge in [0.15, 0.2) is 9.84 Å². The van der Waals surface area contributed by atoms with Crippen LogP contribution in [0.5, 0.6) is 0 Å². The molecule has 1 saturated heterocycles. The number of aromatic nitrogens is 1. The Kier molecular flexibility index (Phi) is 4.39. The fourth-order valence-electron chi connectivity index (χ4n) is 1.83. The van der Waals surface area contributed by atoms with Crippen molar-refractivity contribution in [1.82, 2.24) is 15.8 Å². The number of pyridine rings is 1. The zero-order valence-corrected chi connectivity index (χ0v) is 12.7. The van der Waals surface area contributed by atoms with E-state index in [-0.39, 0.29) is 23.5 Å². The molecule has 20 heavy (non-hydrogen) atoms. The molecule has 2 N–H and O–H groups in total. The first kappa shape index (κ1) is 14.9. The summed E-state index contributed by atoms with van der Waals surface area (Å²) in [5.41, 5.74) is 4.75. The largest absolute Gasteiger partial charge is 0.273 e. The van der Waals surface area contributed by atoms with Crippen LogP contribution in [0.25, 0.3) is 0 Å². The molecule has 0 aliphatic carbocycles. The van der Waals surface area contributed by atoms with Crippen LogP contribution in [0.3, 0.4) is 0 Å². The van der Waals surface area contributed by atoms with Gasteiger partial charge in [0, 0.05) is 16.9 Å². The average Bonchev–Trinajstić information content (AvgIpc) is 2.76. The lowest BCUT2D eigenvalue weighted by molar-refractivity contribution is -0.125. The molecule has 2 heterocycles. The molecule has 2 amide bonds. The van der Waals surface area contributed by atoms with Gasteiger partial charge < -0.3 is 0 Å². The third kappa shape index (κ3) is 3.76. The quantitative estimate of drug-likeness (QED) is 0.723. The number of sulfone groups is 1. The number of rotatable bonds is 2. The van der Waals surface area contributed by atoms with Gasteiger partial charge in [0.05, 0.1) is 23.0 Å². The minimum atomic E-state index is -3.13. The highest BCUT2D eigenvalue weighted by molar-refractivity contribution is 9.10. The van der Waals surface area contributed by atoms with E-state index in [1.165, 1.54) is 12.4 Å². The summed E-state index contributed by atoms with van der Waals surface area (Å²) in [7, 11) is -3.13. The average molecular weight is 362 g/mol. The van der Waals surface area contributed by atoms with Crippen LogP contribution in [0.15, 0.2) is 22.9 Å². The lowest BCUT2D eigenvalue weighted by Gasteiger charge is -2.10. The van der Waals surface area contributed by atoms with Crippen LogP contribution < -0.4 is 10.9 Å². The number of halogens is 1. The first-order valence-electron chi connectivity index (χ1n) is 5.78. The number of nitrogens with zero attached hydrogens (tertiary/aromatic N) is 1. The summed E-state index contributed by atoms with van der Waals surface area (Å²) < 4.78 is 23.2. The van der Waals surface area contributed by atoms with Crippen molar-refractivity contribution >= 4 is 37.6 Å². The molecular weight excluding hydrogens is 350 g/mol. The molecule has 0 radical (unpaired) electrons. The molecule has 1 aromatic rings. The van der Waals surface area contributed by atoms with Gasteiger partial charge in [0.25, 0.3) is 5.91 Å². The highest BCUT2D eigenvalue weighted by Gasteiger charge is 2.33. The molecule has 1 atom stereocenters. The van der Waals surface area contributed by atoms with Gasteiger partial charge in [0.2, 0.25) is 5.91 Å². The highest BCUT2D eigenvalue weighted by atomic mass is 79.9. The van der Waals surface area contributed by atoms with Gasteiger partial charge in [-0.3, -0.25) is 25.4 Å². The van der Waals surface area contributed by atoms with E-state index in [0.717, 1.165) is 0 Å². The first-order valence-corrected chi connectivity index (χ1v) is 8.40. The number of carbonyl (C=O) groups excluding carboxylic acids is 2. The van der Waals surface area contributed by atoms with Crippen LogP contribution in [0.4, 0.5) is 0 Å². The summed E-state index contributed by atoms with van der Waals surface area (Å²) in [6.07, 6.45) is 3.16. The van der Waals surface area contributed by atoms with Crippen LogP contribution in [0.2, 0.25) is 0 Å². The summed E-state index contributed by atoms with van der Waals surface area (Å²) in [5.74, 6) is -1.79. The number of amides is 2. The number of hydrogen-bond acceptors (Lipinski definition) is 5. The standard InChI is InChI=1S/C11H12BrN3O4S/c12-9-3-8(4-13-5-9)11(17)15-14-10(16)7-1-2-20(18,19)6-7/h3-5,7H,1-2,6H2,(H,14,16)(H,15,17)/t7-/m0/s1. The Morgan fingerprint density at radius 3 is 2.65 bits per heavy atom. The number of nitrogens with one attached hydrogen (secondary N) is 2. The van der Waals surface area contributed by atoms with E-state index in [9.17, 15) is 18.0 Å². The zero-order chi connectivity index (χ0) is 14.8. The summed E-state index contributed by atoms with van der Waals surface area (Å²) in [4.78, 5) is 27.3. The molecule has 0 aromatic carbocycles. The lowest BCUT2D eigenvalue weighted by atomic mass is 10.1. The Labute approximate surface area is 124 Å². The Hall–Kier alpha value is -1.48. The second-order valence-electron chi connectivity index (χ2n) is 4.44. The predicted octanol–water partition coefficient (Wildman–Crippen LogP) is 0.0398. The molecule has 2 rings (SSSR count). The van der Waals surface area contributed by atoms with Crippen molar-refractivity contribution in [3.05, 3.63) is 28.5 Å². The predicted molar refractivity (Wildman–Crippen MR) is 74.3 cm³/mol. The maximum absolute atomic E-state index is 11.7. The molecule has 108 valence electrons. The minimum absolute atomic E-state index is 0.00852. The van der Waals surface area contributed by atoms with Gasteiger partial charge in [0.1, 0.15) is 0 Å². The third-order valence-electron chi connectivity index (χ3n) is 2.87. The molecule has 0 saturated carbocycles. The molecule has 1 aromatic heterocycles. The minimum Gasteiger partial charge on any atom is -0.273 e. The van der Waals surface area contributed by atoms with Crippen molar-refractivity contribution < 1.29 is 18.0 Å². The molecule has 7 nitrogen and oxygen atoms in total. The molecule has 0 bridgehead atoms. The van der Waals surface area contributed by atoms with Gasteiger partial charge >= 0.3 is 0 Å². The van der Waals surface area contributed by atoms with E-state index in [4.69, 9.17) is 0 Å². The molecule has 1 aliphatic rings. The zero-order valence-electron chi connectivity index (χ0n) is 10.3. The number of hydrogen-bond donors (Lipinski definition) is 2. The van der Waals surface area contributed by atoms with Gasteiger partial charge in [-0.2, -0.15) is 0 Å². The second-order valence-corrected chi connectivity index (χ2v) is 7.58. The third-order valence-corrected chi connectivity index (χ3v) is 5.07. The molecule has 1 aliphatic heterocycles. The number of hydrazine groups is 1. The van der Waals surface area contributed by atoms with E-state index >= 15 is 0 Å². The maximum Gasteiger partial charge on any atom is 0.271 e. The van der Waals surface area contributed by atoms with Gasteiger partial charge in [-0.1, -0.05) is 0 Å². The second kappa shape index (κ2) is 5.88. The van der Waals surface area contributed by atoms with E-state index in [1.54, 1.807) is 6.07 Å². The smallest absolute Gasteiger partial charge is 0.271 e. The Balaban J connectivity index is 1.89. The number of carbonyl (C=O) groups is 2. The van der Waals surface area contributed by atoms with E-state index < -0.39 is 27.6 Å². The van der Waals surface area contributed by atoms with Crippen molar-refractivity contribution in [1.29, 1.82) is 0 Å². The van der Waals surface area contributed by atoms with Crippen LogP contribution >= 0.6 is 15.9 Å². The highest BCUT2D eigenvalue weighted by Crippen LogP contribution is 2.18. The topological polar surface area (TPSA) is 105 Å². The maximum atomic E-state index is 11.7. The van der Waals surface area contributed by atoms with Crippen molar-refractivity contribution in [3.63, 3.8) is 0 Å².